The minimum Gasteiger partial charge on any atom is -0.467 e. The average Bonchev–Trinajstić information content (AvgIpc) is 3.23. The molecule has 1 spiro atoms. The number of ether oxygens (including phenoxy) is 7. The van der Waals surface area contributed by atoms with E-state index in [-0.39, 0.29) is 25.2 Å². The van der Waals surface area contributed by atoms with Crippen LogP contribution in [0.15, 0.2) is 23.0 Å². The summed E-state index contributed by atoms with van der Waals surface area (Å²) in [5.41, 5.74) is -3.85. The molecule has 0 radical (unpaired) electrons. The number of carbonyl (C=O) groups excluding carboxylic acids is 7. The van der Waals surface area contributed by atoms with E-state index in [1.807, 2.05) is 0 Å². The van der Waals surface area contributed by atoms with Crippen LogP contribution < -0.4 is 0 Å². The lowest BCUT2D eigenvalue weighted by molar-refractivity contribution is -0.294. The number of fused-ring (bicyclic) bond motifs is 2. The van der Waals surface area contributed by atoms with Crippen molar-refractivity contribution in [3.63, 3.8) is 0 Å². The van der Waals surface area contributed by atoms with Crippen molar-refractivity contribution in [1.29, 1.82) is 0 Å². The lowest BCUT2D eigenvalue weighted by Crippen LogP contribution is -2.80. The smallest absolute Gasteiger partial charge is 0.348 e. The molecule has 0 amide bonds. The molecule has 2 heterocycles. The van der Waals surface area contributed by atoms with Crippen LogP contribution in [0.4, 0.5) is 0 Å². The fraction of sp³-hybridized carbons (Fsp3) is 0.656. The fourth-order valence-corrected chi connectivity index (χ4v) is 9.12. The van der Waals surface area contributed by atoms with E-state index >= 15 is 0 Å². The van der Waals surface area contributed by atoms with Crippen molar-refractivity contribution in [2.75, 3.05) is 13.7 Å². The highest BCUT2D eigenvalue weighted by Gasteiger charge is 2.86. The third-order valence-corrected chi connectivity index (χ3v) is 10.3. The van der Waals surface area contributed by atoms with Crippen LogP contribution >= 0.6 is 0 Å². The van der Waals surface area contributed by atoms with E-state index in [2.05, 4.69) is 0 Å². The summed E-state index contributed by atoms with van der Waals surface area (Å²) >= 11 is 0. The Morgan fingerprint density at radius 1 is 0.913 bits per heavy atom. The van der Waals surface area contributed by atoms with Gasteiger partial charge in [-0.1, -0.05) is 12.5 Å². The van der Waals surface area contributed by atoms with Crippen LogP contribution in [0.5, 0.6) is 0 Å². The van der Waals surface area contributed by atoms with Gasteiger partial charge >= 0.3 is 35.8 Å². The first kappa shape index (κ1) is 33.3. The van der Waals surface area contributed by atoms with E-state index in [1.54, 1.807) is 27.7 Å². The number of hydrogen-bond donors (Lipinski definition) is 0. The van der Waals surface area contributed by atoms with E-state index in [4.69, 9.17) is 33.2 Å². The molecule has 2 aliphatic heterocycles. The molecule has 14 heteroatoms. The lowest BCUT2D eigenvalue weighted by Gasteiger charge is -2.67. The quantitative estimate of drug-likeness (QED) is 0.231. The number of hydrogen-bond acceptors (Lipinski definition) is 14. The molecule has 2 saturated heterocycles. The van der Waals surface area contributed by atoms with Gasteiger partial charge in [0.15, 0.2) is 17.6 Å². The summed E-state index contributed by atoms with van der Waals surface area (Å²) in [6, 6.07) is 0. The molecule has 250 valence electrons. The Bertz CT molecular complexity index is 1490. The van der Waals surface area contributed by atoms with E-state index in [1.165, 1.54) is 13.0 Å². The van der Waals surface area contributed by atoms with E-state index in [0.717, 1.165) is 21.0 Å². The molecule has 0 aromatic heterocycles. The van der Waals surface area contributed by atoms with Crippen LogP contribution in [-0.4, -0.2) is 85.3 Å². The predicted molar refractivity (Wildman–Crippen MR) is 151 cm³/mol. The van der Waals surface area contributed by atoms with Crippen LogP contribution in [0.1, 0.15) is 61.3 Å². The Labute approximate surface area is 265 Å². The predicted octanol–water partition coefficient (Wildman–Crippen LogP) is 1.66. The van der Waals surface area contributed by atoms with Gasteiger partial charge in [-0.15, -0.1) is 0 Å². The van der Waals surface area contributed by atoms with Gasteiger partial charge in [-0.05, 0) is 44.1 Å². The highest BCUT2D eigenvalue weighted by atomic mass is 16.6. The lowest BCUT2D eigenvalue weighted by atomic mass is 9.38. The van der Waals surface area contributed by atoms with Gasteiger partial charge in [0, 0.05) is 44.6 Å². The molecule has 5 aliphatic rings. The number of Topliss-reactive ketones (excluding diaryl/α,β-unsaturated/α-hetero) is 1. The normalized spacial score (nSPS) is 38.7. The average molecular weight is 647 g/mol. The molecule has 0 N–H and O–H groups in total. The van der Waals surface area contributed by atoms with Gasteiger partial charge in [0.05, 0.1) is 19.6 Å². The summed E-state index contributed by atoms with van der Waals surface area (Å²) in [6.45, 7) is 9.84. The minimum absolute atomic E-state index is 0.0966. The van der Waals surface area contributed by atoms with Crippen molar-refractivity contribution in [1.82, 2.24) is 0 Å². The maximum absolute atomic E-state index is 14.0. The van der Waals surface area contributed by atoms with Crippen molar-refractivity contribution >= 4 is 41.6 Å². The molecule has 1 unspecified atom stereocenters. The van der Waals surface area contributed by atoms with Gasteiger partial charge in [-0.25, -0.2) is 14.4 Å². The number of methoxy groups -OCH3 is 1. The van der Waals surface area contributed by atoms with Crippen molar-refractivity contribution in [2.24, 2.45) is 28.6 Å². The topological polar surface area (TPSA) is 184 Å². The van der Waals surface area contributed by atoms with Gasteiger partial charge in [0.2, 0.25) is 11.7 Å². The first-order chi connectivity index (χ1) is 21.4. The van der Waals surface area contributed by atoms with Crippen molar-refractivity contribution in [3.05, 3.63) is 23.0 Å². The second-order valence-corrected chi connectivity index (χ2v) is 13.2. The molecule has 14 nitrogen and oxygen atoms in total. The summed E-state index contributed by atoms with van der Waals surface area (Å²) in [7, 11) is 1.08. The zero-order valence-electron chi connectivity index (χ0n) is 27.0. The van der Waals surface area contributed by atoms with E-state index in [9.17, 15) is 33.6 Å². The zero-order chi connectivity index (χ0) is 34.1. The van der Waals surface area contributed by atoms with Crippen molar-refractivity contribution < 1.29 is 66.7 Å². The molecule has 46 heavy (non-hydrogen) atoms. The minimum atomic E-state index is -2.29. The van der Waals surface area contributed by atoms with Crippen LogP contribution in [0.3, 0.4) is 0 Å². The monoisotopic (exact) mass is 646 g/mol. The van der Waals surface area contributed by atoms with Crippen LogP contribution in [0.2, 0.25) is 0 Å². The van der Waals surface area contributed by atoms with E-state index in [0.29, 0.717) is 11.1 Å². The Kier molecular flexibility index (Phi) is 8.19. The fourth-order valence-electron chi connectivity index (χ4n) is 9.12. The van der Waals surface area contributed by atoms with E-state index < -0.39 is 100 Å². The summed E-state index contributed by atoms with van der Waals surface area (Å²) in [4.78, 5) is 91.9. The van der Waals surface area contributed by atoms with Crippen LogP contribution in [0, 0.1) is 28.6 Å². The molecule has 4 fully saturated rings. The Hall–Kier alpha value is -4.07. The van der Waals surface area contributed by atoms with Crippen LogP contribution in [0.25, 0.3) is 0 Å². The number of carbonyl (C=O) groups is 7. The van der Waals surface area contributed by atoms with Crippen molar-refractivity contribution in [3.8, 4) is 0 Å². The number of rotatable bonds is 6. The Morgan fingerprint density at radius 2 is 1.57 bits per heavy atom. The molecule has 5 rings (SSSR count). The summed E-state index contributed by atoms with van der Waals surface area (Å²) in [5.74, 6) is -8.80. The third-order valence-electron chi connectivity index (χ3n) is 10.3. The van der Waals surface area contributed by atoms with Crippen LogP contribution in [-0.2, 0) is 66.7 Å². The largest absolute Gasteiger partial charge is 0.467 e. The SMILES string of the molecule is COC(=O)[C@@]12OC[C@]34[C@H]([C@@H](OC(C)=O)C1OC(C)=O)[C@@]1(C)CC(=O)C(OC(C)=O)=C(C)[C@@H]1C[C@H]3OC(=O)[C@H](OC(=O)C=C(C)C)[C@H]42. The molecular formula is C32H38O14. The second-order valence-electron chi connectivity index (χ2n) is 13.2. The number of esters is 6. The van der Waals surface area contributed by atoms with Gasteiger partial charge in [-0.3, -0.25) is 19.2 Å². The molecule has 2 saturated carbocycles. The van der Waals surface area contributed by atoms with Gasteiger partial charge < -0.3 is 33.2 Å². The Balaban J connectivity index is 1.83. The molecule has 10 atom stereocenters. The molecule has 2 bridgehead atoms. The third kappa shape index (κ3) is 4.66. The Morgan fingerprint density at radius 3 is 2.13 bits per heavy atom. The molecule has 3 aliphatic carbocycles. The second kappa shape index (κ2) is 11.3. The van der Waals surface area contributed by atoms with Crippen molar-refractivity contribution in [2.45, 2.75) is 91.3 Å². The summed E-state index contributed by atoms with van der Waals surface area (Å²) in [5, 5.41) is 0. The summed E-state index contributed by atoms with van der Waals surface area (Å²) < 4.78 is 40.4. The zero-order valence-corrected chi connectivity index (χ0v) is 27.0. The molecular weight excluding hydrogens is 608 g/mol. The molecule has 0 aromatic carbocycles. The number of allylic oxidation sites excluding steroid dienone is 3. The first-order valence-corrected chi connectivity index (χ1v) is 15.0. The maximum atomic E-state index is 14.0. The van der Waals surface area contributed by atoms with Gasteiger partial charge in [0.25, 0.3) is 0 Å². The summed E-state index contributed by atoms with van der Waals surface area (Å²) in [6.07, 6.45) is -4.85. The highest BCUT2D eigenvalue weighted by Crippen LogP contribution is 2.73. The highest BCUT2D eigenvalue weighted by molar-refractivity contribution is 5.98. The molecule has 0 aromatic rings. The van der Waals surface area contributed by atoms with Gasteiger partial charge in [0.1, 0.15) is 12.2 Å². The number of ketones is 1. The maximum Gasteiger partial charge on any atom is 0.348 e. The van der Waals surface area contributed by atoms with Gasteiger partial charge in [-0.2, -0.15) is 0 Å². The standard InChI is InChI=1S/C32H38O14/c1-13(2)9-21(37)46-24-26-31-12-41-32(26,29(39)40-8)27(44-17(6)35)23(43-16(5)34)25(31)30(7)11-19(36)22(42-15(4)33)14(3)18(30)10-20(31)45-28(24)38/h9,18,20,23-27H,10-12H2,1-8H3/t18-,20+,23+,24+,25+,26+,27?,30-,31+,32-/m0/s1. The first-order valence-electron chi connectivity index (χ1n) is 15.0.